The summed E-state index contributed by atoms with van der Waals surface area (Å²) in [4.78, 5) is 6.55. The highest BCUT2D eigenvalue weighted by atomic mass is 32.1. The Morgan fingerprint density at radius 2 is 2.36 bits per heavy atom. The first-order valence-electron chi connectivity index (χ1n) is 5.10. The molecule has 0 aliphatic heterocycles. The minimum atomic E-state index is 0.964. The number of nitrogens with zero attached hydrogens (tertiary/aromatic N) is 2. The Hall–Kier alpha value is -0.450. The first kappa shape index (κ1) is 11.6. The summed E-state index contributed by atoms with van der Waals surface area (Å²) in [6.45, 7) is 6.41. The fourth-order valence-electron chi connectivity index (χ4n) is 1.21. The molecule has 0 aliphatic carbocycles. The van der Waals surface area contributed by atoms with E-state index in [1.165, 1.54) is 11.4 Å². The maximum atomic E-state index is 4.26. The average Bonchev–Trinajstić information content (AvgIpc) is 2.65. The predicted molar refractivity (Wildman–Crippen MR) is 61.6 cm³/mol. The van der Waals surface area contributed by atoms with E-state index in [4.69, 9.17) is 0 Å². The van der Waals surface area contributed by atoms with Crippen LogP contribution in [0, 0.1) is 0 Å². The number of hydrogen-bond acceptors (Lipinski definition) is 4. The minimum absolute atomic E-state index is 0.964. The molecule has 0 fully saturated rings. The van der Waals surface area contributed by atoms with Crippen molar-refractivity contribution in [2.75, 3.05) is 26.7 Å². The summed E-state index contributed by atoms with van der Waals surface area (Å²) in [5, 5.41) is 6.61. The maximum Gasteiger partial charge on any atom is 0.107 e. The molecule has 0 bridgehead atoms. The zero-order valence-electron chi connectivity index (χ0n) is 8.99. The van der Waals surface area contributed by atoms with Crippen LogP contribution in [0.5, 0.6) is 0 Å². The largest absolute Gasteiger partial charge is 0.315 e. The van der Waals surface area contributed by atoms with Gasteiger partial charge in [-0.2, -0.15) is 0 Å². The second-order valence-corrected chi connectivity index (χ2v) is 4.39. The van der Waals surface area contributed by atoms with Crippen LogP contribution < -0.4 is 5.32 Å². The predicted octanol–water partition coefficient (Wildman–Crippen LogP) is 1.57. The van der Waals surface area contributed by atoms with Crippen molar-refractivity contribution in [1.82, 2.24) is 15.2 Å². The number of hydrogen-bond donors (Lipinski definition) is 1. The van der Waals surface area contributed by atoms with Crippen LogP contribution in [-0.2, 0) is 6.54 Å². The maximum absolute atomic E-state index is 4.26. The standard InChI is InChI=1S/C10H19N3S/c1-3-4-11-5-7-13(2)9-10-12-6-8-14-10/h6,8,11H,3-5,7,9H2,1-2H3. The molecule has 0 radical (unpaired) electrons. The van der Waals surface area contributed by atoms with E-state index in [-0.39, 0.29) is 0 Å². The molecule has 14 heavy (non-hydrogen) atoms. The van der Waals surface area contributed by atoms with Crippen molar-refractivity contribution in [3.8, 4) is 0 Å². The van der Waals surface area contributed by atoms with E-state index < -0.39 is 0 Å². The van der Waals surface area contributed by atoms with Crippen LogP contribution in [0.1, 0.15) is 18.4 Å². The molecule has 0 atom stereocenters. The molecule has 4 heteroatoms. The van der Waals surface area contributed by atoms with Gasteiger partial charge in [0, 0.05) is 24.7 Å². The van der Waals surface area contributed by atoms with Gasteiger partial charge >= 0.3 is 0 Å². The van der Waals surface area contributed by atoms with Gasteiger partial charge in [0.1, 0.15) is 5.01 Å². The van der Waals surface area contributed by atoms with E-state index in [1.807, 2.05) is 11.6 Å². The van der Waals surface area contributed by atoms with Crippen molar-refractivity contribution in [1.29, 1.82) is 0 Å². The summed E-state index contributed by atoms with van der Waals surface area (Å²) < 4.78 is 0. The second-order valence-electron chi connectivity index (χ2n) is 3.41. The first-order chi connectivity index (χ1) is 6.83. The van der Waals surface area contributed by atoms with Gasteiger partial charge < -0.3 is 5.32 Å². The third-order valence-electron chi connectivity index (χ3n) is 1.99. The molecule has 0 spiro atoms. The Morgan fingerprint density at radius 3 is 3.00 bits per heavy atom. The highest BCUT2D eigenvalue weighted by Gasteiger charge is 2.00. The number of aromatic nitrogens is 1. The Bertz CT molecular complexity index is 223. The molecule has 1 heterocycles. The third-order valence-corrected chi connectivity index (χ3v) is 2.75. The number of likely N-dealkylation sites (N-methyl/N-ethyl adjacent to an activating group) is 1. The monoisotopic (exact) mass is 213 g/mol. The normalized spacial score (nSPS) is 11.1. The zero-order chi connectivity index (χ0) is 10.2. The van der Waals surface area contributed by atoms with E-state index >= 15 is 0 Å². The molecule has 0 aromatic carbocycles. The number of nitrogens with one attached hydrogen (secondary N) is 1. The topological polar surface area (TPSA) is 28.2 Å². The molecule has 1 rings (SSSR count). The molecule has 1 aromatic rings. The van der Waals surface area contributed by atoms with E-state index in [0.717, 1.165) is 26.2 Å². The highest BCUT2D eigenvalue weighted by molar-refractivity contribution is 7.09. The summed E-state index contributed by atoms with van der Waals surface area (Å²) in [6, 6.07) is 0. The lowest BCUT2D eigenvalue weighted by Crippen LogP contribution is -2.29. The average molecular weight is 213 g/mol. The van der Waals surface area contributed by atoms with Crippen LogP contribution in [0.3, 0.4) is 0 Å². The van der Waals surface area contributed by atoms with Gasteiger partial charge in [0.05, 0.1) is 6.54 Å². The summed E-state index contributed by atoms with van der Waals surface area (Å²) in [5.74, 6) is 0. The van der Waals surface area contributed by atoms with Crippen LogP contribution in [0.2, 0.25) is 0 Å². The van der Waals surface area contributed by atoms with Gasteiger partial charge in [-0.25, -0.2) is 4.98 Å². The fraction of sp³-hybridized carbons (Fsp3) is 0.700. The van der Waals surface area contributed by atoms with Gasteiger partial charge in [0.25, 0.3) is 0 Å². The van der Waals surface area contributed by atoms with Crippen LogP contribution >= 0.6 is 11.3 Å². The summed E-state index contributed by atoms with van der Waals surface area (Å²) >= 11 is 1.72. The highest BCUT2D eigenvalue weighted by Crippen LogP contribution is 2.05. The Kier molecular flexibility index (Phi) is 5.75. The van der Waals surface area contributed by atoms with Crippen LogP contribution in [0.15, 0.2) is 11.6 Å². The molecule has 0 saturated heterocycles. The van der Waals surface area contributed by atoms with E-state index in [2.05, 4.69) is 29.2 Å². The van der Waals surface area contributed by atoms with Gasteiger partial charge in [-0.05, 0) is 20.0 Å². The van der Waals surface area contributed by atoms with Crippen molar-refractivity contribution in [2.45, 2.75) is 19.9 Å². The molecule has 0 unspecified atom stereocenters. The Morgan fingerprint density at radius 1 is 1.50 bits per heavy atom. The smallest absolute Gasteiger partial charge is 0.107 e. The molecule has 0 saturated carbocycles. The molecule has 80 valence electrons. The van der Waals surface area contributed by atoms with E-state index in [0.29, 0.717) is 0 Å². The molecular weight excluding hydrogens is 194 g/mol. The van der Waals surface area contributed by atoms with Gasteiger partial charge in [-0.1, -0.05) is 6.92 Å². The van der Waals surface area contributed by atoms with E-state index in [9.17, 15) is 0 Å². The SMILES string of the molecule is CCCNCCN(C)Cc1nccs1. The van der Waals surface area contributed by atoms with Crippen molar-refractivity contribution < 1.29 is 0 Å². The Labute approximate surface area is 90.2 Å². The zero-order valence-corrected chi connectivity index (χ0v) is 9.81. The molecule has 0 amide bonds. The number of thiazole rings is 1. The molecule has 0 aliphatic rings. The second kappa shape index (κ2) is 6.92. The molecule has 1 N–H and O–H groups in total. The summed E-state index contributed by atoms with van der Waals surface area (Å²) in [7, 11) is 2.13. The van der Waals surface area contributed by atoms with Crippen LogP contribution in [0.4, 0.5) is 0 Å². The lowest BCUT2D eigenvalue weighted by molar-refractivity contribution is 0.324. The summed E-state index contributed by atoms with van der Waals surface area (Å²) in [6.07, 6.45) is 3.07. The van der Waals surface area contributed by atoms with Crippen LogP contribution in [-0.4, -0.2) is 36.6 Å². The van der Waals surface area contributed by atoms with Crippen LogP contribution in [0.25, 0.3) is 0 Å². The molecule has 3 nitrogen and oxygen atoms in total. The van der Waals surface area contributed by atoms with Gasteiger partial charge in [0.15, 0.2) is 0 Å². The van der Waals surface area contributed by atoms with Gasteiger partial charge in [-0.15, -0.1) is 11.3 Å². The Balaban J connectivity index is 2.07. The van der Waals surface area contributed by atoms with E-state index in [1.54, 1.807) is 11.3 Å². The minimum Gasteiger partial charge on any atom is -0.315 e. The molecular formula is C10H19N3S. The fourth-order valence-corrected chi connectivity index (χ4v) is 1.91. The molecule has 1 aromatic heterocycles. The first-order valence-corrected chi connectivity index (χ1v) is 5.98. The lowest BCUT2D eigenvalue weighted by atomic mass is 10.4. The van der Waals surface area contributed by atoms with Crippen molar-refractivity contribution in [2.24, 2.45) is 0 Å². The van der Waals surface area contributed by atoms with Gasteiger partial charge in [-0.3, -0.25) is 4.90 Å². The number of rotatable bonds is 7. The lowest BCUT2D eigenvalue weighted by Gasteiger charge is -2.14. The third kappa shape index (κ3) is 4.69. The van der Waals surface area contributed by atoms with Crippen molar-refractivity contribution in [3.05, 3.63) is 16.6 Å². The van der Waals surface area contributed by atoms with Crippen molar-refractivity contribution >= 4 is 11.3 Å². The van der Waals surface area contributed by atoms with Gasteiger partial charge in [0.2, 0.25) is 0 Å². The van der Waals surface area contributed by atoms with Crippen molar-refractivity contribution in [3.63, 3.8) is 0 Å². The summed E-state index contributed by atoms with van der Waals surface area (Å²) in [5.41, 5.74) is 0. The quantitative estimate of drug-likeness (QED) is 0.697.